The summed E-state index contributed by atoms with van der Waals surface area (Å²) in [6.07, 6.45) is 90.7. The van der Waals surface area contributed by atoms with Crippen molar-refractivity contribution in [1.82, 2.24) is 5.32 Å². The van der Waals surface area contributed by atoms with E-state index in [1.165, 1.54) is 180 Å². The minimum atomic E-state index is -1.80. The number of carbonyl (C=O) groups excluding carboxylic acids is 1. The zero-order valence-electron chi connectivity index (χ0n) is 64.8. The molecule has 1 amide bonds. The summed E-state index contributed by atoms with van der Waals surface area (Å²) in [7, 11) is 0. The van der Waals surface area contributed by atoms with Gasteiger partial charge in [-0.1, -0.05) is 352 Å². The molecule has 0 aromatic rings. The highest BCUT2D eigenvalue weighted by molar-refractivity contribution is 5.76. The van der Waals surface area contributed by atoms with Crippen molar-refractivity contribution >= 4 is 5.91 Å². The molecule has 103 heavy (non-hydrogen) atoms. The average molecular weight is 1440 g/mol. The number of allylic oxidation sites excluding steroid dienone is 23. The molecular formula is C89H151NO13. The Bertz CT molecular complexity index is 2300. The average Bonchev–Trinajstić information content (AvgIpc) is 0.791. The normalized spacial score (nSPS) is 22.3. The van der Waals surface area contributed by atoms with E-state index in [0.717, 1.165) is 109 Å². The first-order valence-corrected chi connectivity index (χ1v) is 41.6. The Morgan fingerprint density at radius 3 is 1.03 bits per heavy atom. The molecule has 0 aromatic carbocycles. The lowest BCUT2D eigenvalue weighted by atomic mass is 9.97. The van der Waals surface area contributed by atoms with Crippen molar-refractivity contribution in [3.8, 4) is 0 Å². The quantitative estimate of drug-likeness (QED) is 0.0204. The van der Waals surface area contributed by atoms with Gasteiger partial charge in [0.1, 0.15) is 48.8 Å². The lowest BCUT2D eigenvalue weighted by Gasteiger charge is -2.46. The molecule has 0 spiro atoms. The molecule has 0 radical (unpaired) electrons. The molecular weight excluding hydrogens is 1290 g/mol. The Labute approximate surface area is 627 Å². The molecule has 2 aliphatic heterocycles. The molecule has 2 rings (SSSR count). The van der Waals surface area contributed by atoms with Gasteiger partial charge in [0.15, 0.2) is 12.6 Å². The number of carbonyl (C=O) groups is 1. The number of ether oxygens (including phenoxy) is 4. The van der Waals surface area contributed by atoms with Crippen LogP contribution in [-0.4, -0.2) is 140 Å². The molecule has 0 aromatic heterocycles. The molecule has 12 atom stereocenters. The third kappa shape index (κ3) is 53.3. The van der Waals surface area contributed by atoms with Gasteiger partial charge in [0, 0.05) is 6.42 Å². The van der Waals surface area contributed by atoms with E-state index in [-0.39, 0.29) is 18.9 Å². The van der Waals surface area contributed by atoms with E-state index in [4.69, 9.17) is 18.9 Å². The fraction of sp³-hybridized carbons (Fsp3) is 0.719. The van der Waals surface area contributed by atoms with Gasteiger partial charge >= 0.3 is 0 Å². The number of aliphatic hydroxyl groups is 8. The van der Waals surface area contributed by atoms with Gasteiger partial charge in [-0.15, -0.1) is 0 Å². The summed E-state index contributed by atoms with van der Waals surface area (Å²) in [5.41, 5.74) is 0. The highest BCUT2D eigenvalue weighted by Crippen LogP contribution is 2.30. The SMILES string of the molecule is CC/C=C\C/C=C\C/C=C\C/C=C\C/C=C\C/C=C\C/C=C\C/C=C\C/C=C\C/C=C\C/C=C\CCCCCC(=O)NC(COC1OC(CO)C(OC2OC(CO)C(O)C(O)C2O)C(O)C1O)C(O)/C=C/CCCCCCCCCCCCCCCCCCCCCCCCCCCCCCCC. The van der Waals surface area contributed by atoms with E-state index in [9.17, 15) is 45.6 Å². The van der Waals surface area contributed by atoms with Crippen LogP contribution in [0, 0.1) is 0 Å². The second-order valence-corrected chi connectivity index (χ2v) is 28.5. The van der Waals surface area contributed by atoms with Crippen LogP contribution in [0.4, 0.5) is 0 Å². The van der Waals surface area contributed by atoms with Gasteiger partial charge in [0.25, 0.3) is 0 Å². The highest BCUT2D eigenvalue weighted by Gasteiger charge is 2.51. The van der Waals surface area contributed by atoms with E-state index in [0.29, 0.717) is 6.42 Å². The number of aliphatic hydroxyl groups excluding tert-OH is 8. The van der Waals surface area contributed by atoms with Gasteiger partial charge in [0.05, 0.1) is 32.0 Å². The molecule has 14 nitrogen and oxygen atoms in total. The number of hydrogen-bond acceptors (Lipinski definition) is 13. The molecule has 0 saturated carbocycles. The molecule has 14 heteroatoms. The monoisotopic (exact) mass is 1440 g/mol. The Hall–Kier alpha value is -4.13. The summed E-state index contributed by atoms with van der Waals surface area (Å²) in [5.74, 6) is -0.273. The van der Waals surface area contributed by atoms with Crippen molar-refractivity contribution in [3.63, 3.8) is 0 Å². The van der Waals surface area contributed by atoms with Crippen LogP contribution in [0.5, 0.6) is 0 Å². The minimum absolute atomic E-state index is 0.232. The predicted octanol–water partition coefficient (Wildman–Crippen LogP) is 19.5. The second-order valence-electron chi connectivity index (χ2n) is 28.5. The lowest BCUT2D eigenvalue weighted by molar-refractivity contribution is -0.359. The molecule has 9 N–H and O–H groups in total. The molecule has 0 bridgehead atoms. The van der Waals surface area contributed by atoms with Gasteiger partial charge in [-0.05, 0) is 103 Å². The molecule has 12 unspecified atom stereocenters. The van der Waals surface area contributed by atoms with Crippen LogP contribution in [-0.2, 0) is 23.7 Å². The van der Waals surface area contributed by atoms with Crippen LogP contribution < -0.4 is 5.32 Å². The van der Waals surface area contributed by atoms with Crippen LogP contribution in [0.15, 0.2) is 146 Å². The van der Waals surface area contributed by atoms with E-state index in [2.05, 4.69) is 153 Å². The first-order valence-electron chi connectivity index (χ1n) is 41.6. The summed E-state index contributed by atoms with van der Waals surface area (Å²) in [4.78, 5) is 13.4. The number of unbranched alkanes of at least 4 members (excludes halogenated alkanes) is 33. The van der Waals surface area contributed by atoms with E-state index in [1.54, 1.807) is 6.08 Å². The van der Waals surface area contributed by atoms with Crippen molar-refractivity contribution in [1.29, 1.82) is 0 Å². The summed E-state index contributed by atoms with van der Waals surface area (Å²) in [5, 5.41) is 87.7. The van der Waals surface area contributed by atoms with Crippen LogP contribution in [0.1, 0.15) is 316 Å². The van der Waals surface area contributed by atoms with Crippen LogP contribution in [0.25, 0.3) is 0 Å². The van der Waals surface area contributed by atoms with E-state index in [1.807, 2.05) is 6.08 Å². The van der Waals surface area contributed by atoms with Crippen molar-refractivity contribution in [2.75, 3.05) is 19.8 Å². The fourth-order valence-corrected chi connectivity index (χ4v) is 12.8. The molecule has 2 aliphatic rings. The molecule has 2 saturated heterocycles. The van der Waals surface area contributed by atoms with Crippen LogP contribution in [0.3, 0.4) is 0 Å². The van der Waals surface area contributed by atoms with Gasteiger partial charge in [0.2, 0.25) is 5.91 Å². The van der Waals surface area contributed by atoms with Gasteiger partial charge in [-0.2, -0.15) is 0 Å². The molecule has 0 aliphatic carbocycles. The zero-order chi connectivity index (χ0) is 74.4. The van der Waals surface area contributed by atoms with E-state index >= 15 is 0 Å². The highest BCUT2D eigenvalue weighted by atomic mass is 16.7. The first-order chi connectivity index (χ1) is 50.6. The van der Waals surface area contributed by atoms with Gasteiger partial charge < -0.3 is 65.1 Å². The van der Waals surface area contributed by atoms with Gasteiger partial charge in [-0.25, -0.2) is 0 Å². The maximum Gasteiger partial charge on any atom is 0.220 e. The maximum absolute atomic E-state index is 13.4. The zero-order valence-corrected chi connectivity index (χ0v) is 64.8. The second kappa shape index (κ2) is 70.8. The fourth-order valence-electron chi connectivity index (χ4n) is 12.8. The number of nitrogens with one attached hydrogen (secondary N) is 1. The van der Waals surface area contributed by atoms with Crippen LogP contribution in [0.2, 0.25) is 0 Å². The lowest BCUT2D eigenvalue weighted by Crippen LogP contribution is -2.65. The summed E-state index contributed by atoms with van der Waals surface area (Å²) < 4.78 is 22.9. The summed E-state index contributed by atoms with van der Waals surface area (Å²) >= 11 is 0. The summed E-state index contributed by atoms with van der Waals surface area (Å²) in [6.45, 7) is 2.69. The van der Waals surface area contributed by atoms with Crippen LogP contribution >= 0.6 is 0 Å². The number of rotatable bonds is 68. The minimum Gasteiger partial charge on any atom is -0.394 e. The van der Waals surface area contributed by atoms with E-state index < -0.39 is 86.8 Å². The van der Waals surface area contributed by atoms with Crippen molar-refractivity contribution in [2.24, 2.45) is 0 Å². The smallest absolute Gasteiger partial charge is 0.220 e. The third-order valence-corrected chi connectivity index (χ3v) is 19.3. The van der Waals surface area contributed by atoms with Crippen molar-refractivity contribution in [2.45, 2.75) is 389 Å². The topological polar surface area (TPSA) is 228 Å². The number of hydrogen-bond donors (Lipinski definition) is 9. The van der Waals surface area contributed by atoms with Crippen molar-refractivity contribution in [3.05, 3.63) is 146 Å². The standard InChI is InChI=1S/C89H151NO13/c1-3-5-7-9-11-13-15-17-19-21-23-25-27-29-31-33-35-37-38-39-40-41-43-45-47-49-51-53-55-57-59-61-63-65-67-69-71-73-81(94)90-77(76-100-88-86(99)84(97)87(80(75-92)102-88)103-89-85(98)83(96)82(95)79(74-91)101-89)78(93)72-70-68-66-64-62-60-58-56-54-52-50-48-46-44-42-36-34-32-30-28-26-24-22-20-18-16-14-12-10-8-6-4-2/h5,7,11,13,17,19,23,25,29,31,35,37,39-40,43,45,49,51,55,57,61,63,70,72,77-80,82-89,91-93,95-99H,3-4,6,8-10,12,14-16,18,20-22,24,26-28,30,32-34,36,38,41-42,44,46-48,50,52-54,56,58-60,62,64-69,71,73-76H2,1-2H3,(H,90,94)/b7-5-,13-11-,19-17-,25-23-,31-29-,37-35-,40-39-,45-43-,51-49-,57-55-,63-61-,72-70+. The Morgan fingerprint density at radius 2 is 0.670 bits per heavy atom. The van der Waals surface area contributed by atoms with Crippen molar-refractivity contribution < 1.29 is 64.6 Å². The summed E-state index contributed by atoms with van der Waals surface area (Å²) in [6, 6.07) is -0.947. The van der Waals surface area contributed by atoms with Gasteiger partial charge in [-0.3, -0.25) is 4.79 Å². The molecule has 2 heterocycles. The molecule has 2 fully saturated rings. The molecule has 590 valence electrons. The maximum atomic E-state index is 13.4. The predicted molar refractivity (Wildman–Crippen MR) is 428 cm³/mol. The third-order valence-electron chi connectivity index (χ3n) is 19.3. The Balaban J connectivity index is 1.65. The first kappa shape index (κ1) is 94.9. The number of amides is 1. The largest absolute Gasteiger partial charge is 0.394 e. The Kier molecular flexibility index (Phi) is 65.3. The Morgan fingerprint density at radius 1 is 0.359 bits per heavy atom.